The van der Waals surface area contributed by atoms with Crippen molar-refractivity contribution in [2.45, 2.75) is 52.9 Å². The third-order valence-electron chi connectivity index (χ3n) is 4.30. The largest absolute Gasteiger partial charge is 0.379 e. The molecule has 1 saturated carbocycles. The number of likely N-dealkylation sites (N-methyl/N-ethyl adjacent to an activating group) is 1. The predicted octanol–water partition coefficient (Wildman–Crippen LogP) is 4.05. The molecule has 1 aliphatic rings. The fourth-order valence-electron chi connectivity index (χ4n) is 2.56. The third kappa shape index (κ3) is 10.3. The van der Waals surface area contributed by atoms with E-state index in [4.69, 9.17) is 14.5 Å². The molecule has 1 aromatic carbocycles. The molecule has 0 saturated heterocycles. The first kappa shape index (κ1) is 24.2. The number of nitrogens with one attached hydrogen (secondary N) is 1. The summed E-state index contributed by atoms with van der Waals surface area (Å²) in [7, 11) is 2.06. The SMILES string of the molecule is CCNC(=NCc1cccc(COC(C)C)c1)N(C)CCOCC1CC1.I. The maximum Gasteiger partial charge on any atom is 0.194 e. The molecule has 1 aromatic rings. The molecule has 2 rings (SSSR count). The normalized spacial score (nSPS) is 14.2. The van der Waals surface area contributed by atoms with Gasteiger partial charge in [0.25, 0.3) is 0 Å². The van der Waals surface area contributed by atoms with Crippen LogP contribution in [0.3, 0.4) is 0 Å². The van der Waals surface area contributed by atoms with Crippen molar-refractivity contribution in [1.82, 2.24) is 10.2 Å². The van der Waals surface area contributed by atoms with Gasteiger partial charge in [0.2, 0.25) is 0 Å². The summed E-state index contributed by atoms with van der Waals surface area (Å²) in [5, 5.41) is 3.37. The average Bonchev–Trinajstić information content (AvgIpc) is 3.45. The maximum absolute atomic E-state index is 5.74. The van der Waals surface area contributed by atoms with Crippen molar-refractivity contribution in [3.63, 3.8) is 0 Å². The molecule has 1 N–H and O–H groups in total. The molecule has 6 heteroatoms. The van der Waals surface area contributed by atoms with Gasteiger partial charge >= 0.3 is 0 Å². The number of halogens is 1. The number of rotatable bonds is 11. The van der Waals surface area contributed by atoms with E-state index in [0.29, 0.717) is 13.2 Å². The highest BCUT2D eigenvalue weighted by molar-refractivity contribution is 14.0. The van der Waals surface area contributed by atoms with Gasteiger partial charge in [-0.3, -0.25) is 0 Å². The van der Waals surface area contributed by atoms with E-state index in [1.807, 2.05) is 0 Å². The number of ether oxygens (including phenoxy) is 2. The summed E-state index contributed by atoms with van der Waals surface area (Å²) in [6, 6.07) is 8.47. The molecule has 0 heterocycles. The van der Waals surface area contributed by atoms with Crippen LogP contribution in [0, 0.1) is 5.92 Å². The van der Waals surface area contributed by atoms with Gasteiger partial charge in [0.1, 0.15) is 0 Å². The van der Waals surface area contributed by atoms with E-state index in [-0.39, 0.29) is 30.1 Å². The molecule has 0 unspecified atom stereocenters. The zero-order valence-electron chi connectivity index (χ0n) is 17.2. The lowest BCUT2D eigenvalue weighted by Gasteiger charge is -2.22. The second-order valence-electron chi connectivity index (χ2n) is 7.29. The molecule has 0 bridgehead atoms. The van der Waals surface area contributed by atoms with E-state index >= 15 is 0 Å². The van der Waals surface area contributed by atoms with E-state index in [1.54, 1.807) is 0 Å². The van der Waals surface area contributed by atoms with Crippen LogP contribution in [0.4, 0.5) is 0 Å². The van der Waals surface area contributed by atoms with Gasteiger partial charge in [-0.1, -0.05) is 24.3 Å². The van der Waals surface area contributed by atoms with Gasteiger partial charge in [-0.25, -0.2) is 4.99 Å². The van der Waals surface area contributed by atoms with Crippen LogP contribution in [-0.4, -0.2) is 50.3 Å². The Bertz CT molecular complexity index is 562. The molecule has 0 aliphatic heterocycles. The molecule has 1 fully saturated rings. The molecule has 5 nitrogen and oxygen atoms in total. The van der Waals surface area contributed by atoms with E-state index in [9.17, 15) is 0 Å². The summed E-state index contributed by atoms with van der Waals surface area (Å²) in [6.07, 6.45) is 2.91. The van der Waals surface area contributed by atoms with E-state index < -0.39 is 0 Å². The number of hydrogen-bond acceptors (Lipinski definition) is 3. The van der Waals surface area contributed by atoms with Crippen molar-refractivity contribution in [2.75, 3.05) is 33.4 Å². The lowest BCUT2D eigenvalue weighted by Crippen LogP contribution is -2.40. The van der Waals surface area contributed by atoms with Gasteiger partial charge < -0.3 is 19.7 Å². The lowest BCUT2D eigenvalue weighted by molar-refractivity contribution is 0.0657. The second kappa shape index (κ2) is 13.3. The molecule has 0 radical (unpaired) electrons. The standard InChI is InChI=1S/C21H35N3O2.HI/c1-5-22-21(24(4)11-12-25-15-18-9-10-18)23-14-19-7-6-8-20(13-19)16-26-17(2)3;/h6-8,13,17-18H,5,9-12,14-16H2,1-4H3,(H,22,23);1H. The number of benzene rings is 1. The third-order valence-corrected chi connectivity index (χ3v) is 4.30. The van der Waals surface area contributed by atoms with E-state index in [1.165, 1.54) is 24.0 Å². The van der Waals surface area contributed by atoms with Crippen molar-refractivity contribution < 1.29 is 9.47 Å². The van der Waals surface area contributed by atoms with Gasteiger partial charge in [-0.15, -0.1) is 24.0 Å². The minimum Gasteiger partial charge on any atom is -0.379 e. The number of guanidine groups is 1. The quantitative estimate of drug-likeness (QED) is 0.221. The van der Waals surface area contributed by atoms with Crippen LogP contribution in [0.2, 0.25) is 0 Å². The van der Waals surface area contributed by atoms with Gasteiger partial charge in [-0.2, -0.15) is 0 Å². The fraction of sp³-hybridized carbons (Fsp3) is 0.667. The van der Waals surface area contributed by atoms with Crippen LogP contribution < -0.4 is 5.32 Å². The first-order valence-electron chi connectivity index (χ1n) is 9.85. The van der Waals surface area contributed by atoms with Crippen molar-refractivity contribution in [1.29, 1.82) is 0 Å². The smallest absolute Gasteiger partial charge is 0.194 e. The van der Waals surface area contributed by atoms with Crippen molar-refractivity contribution >= 4 is 29.9 Å². The molecule has 1 aliphatic carbocycles. The summed E-state index contributed by atoms with van der Waals surface area (Å²) in [5.74, 6) is 1.74. The molecule has 0 atom stereocenters. The van der Waals surface area contributed by atoms with Crippen LogP contribution in [0.25, 0.3) is 0 Å². The highest BCUT2D eigenvalue weighted by Gasteiger charge is 2.21. The van der Waals surface area contributed by atoms with Crippen LogP contribution >= 0.6 is 24.0 Å². The van der Waals surface area contributed by atoms with Crippen molar-refractivity contribution in [2.24, 2.45) is 10.9 Å². The van der Waals surface area contributed by atoms with E-state index in [2.05, 4.69) is 62.3 Å². The molecule has 0 spiro atoms. The molecular formula is C21H36IN3O2. The minimum atomic E-state index is 0. The summed E-state index contributed by atoms with van der Waals surface area (Å²) in [4.78, 5) is 6.92. The number of nitrogens with zero attached hydrogens (tertiary/aromatic N) is 2. The Morgan fingerprint density at radius 1 is 1.30 bits per heavy atom. The Morgan fingerprint density at radius 2 is 2.04 bits per heavy atom. The minimum absolute atomic E-state index is 0. The predicted molar refractivity (Wildman–Crippen MR) is 123 cm³/mol. The summed E-state index contributed by atoms with van der Waals surface area (Å²) < 4.78 is 11.4. The van der Waals surface area contributed by atoms with Gasteiger partial charge in [0.05, 0.1) is 25.9 Å². The monoisotopic (exact) mass is 489 g/mol. The topological polar surface area (TPSA) is 46.1 Å². The second-order valence-corrected chi connectivity index (χ2v) is 7.29. The molecular weight excluding hydrogens is 453 g/mol. The van der Waals surface area contributed by atoms with Gasteiger partial charge in [-0.05, 0) is 50.7 Å². The fourth-order valence-corrected chi connectivity index (χ4v) is 2.56. The first-order valence-corrected chi connectivity index (χ1v) is 9.85. The Hall–Kier alpha value is -0.860. The zero-order chi connectivity index (χ0) is 18.8. The summed E-state index contributed by atoms with van der Waals surface area (Å²) in [5.41, 5.74) is 2.39. The number of hydrogen-bond donors (Lipinski definition) is 1. The van der Waals surface area contributed by atoms with Crippen molar-refractivity contribution in [3.8, 4) is 0 Å². The van der Waals surface area contributed by atoms with Crippen LogP contribution in [-0.2, 0) is 22.6 Å². The summed E-state index contributed by atoms with van der Waals surface area (Å²) in [6.45, 7) is 10.9. The maximum atomic E-state index is 5.74. The van der Waals surface area contributed by atoms with Crippen LogP contribution in [0.15, 0.2) is 29.3 Å². The average molecular weight is 489 g/mol. The van der Waals surface area contributed by atoms with Gasteiger partial charge in [0, 0.05) is 26.7 Å². The van der Waals surface area contributed by atoms with Crippen LogP contribution in [0.5, 0.6) is 0 Å². The Labute approximate surface area is 181 Å². The van der Waals surface area contributed by atoms with Crippen LogP contribution in [0.1, 0.15) is 44.7 Å². The Balaban J connectivity index is 0.00000364. The first-order chi connectivity index (χ1) is 12.6. The lowest BCUT2D eigenvalue weighted by atomic mass is 10.1. The Morgan fingerprint density at radius 3 is 2.70 bits per heavy atom. The Kier molecular flexibility index (Phi) is 11.9. The van der Waals surface area contributed by atoms with Crippen molar-refractivity contribution in [3.05, 3.63) is 35.4 Å². The van der Waals surface area contributed by atoms with Gasteiger partial charge in [0.15, 0.2) is 5.96 Å². The molecule has 154 valence electrons. The summed E-state index contributed by atoms with van der Waals surface area (Å²) >= 11 is 0. The molecule has 27 heavy (non-hydrogen) atoms. The zero-order valence-corrected chi connectivity index (χ0v) is 19.6. The highest BCUT2D eigenvalue weighted by atomic mass is 127. The highest BCUT2D eigenvalue weighted by Crippen LogP contribution is 2.28. The molecule has 0 amide bonds. The van der Waals surface area contributed by atoms with E-state index in [0.717, 1.165) is 38.2 Å². The number of aliphatic imine (C=N–C) groups is 1. The molecule has 0 aromatic heterocycles.